The van der Waals surface area contributed by atoms with E-state index in [-0.39, 0.29) is 16.7 Å². The van der Waals surface area contributed by atoms with Gasteiger partial charge in [0.25, 0.3) is 0 Å². The number of thioether (sulfide) groups is 1. The molecule has 1 unspecified atom stereocenters. The van der Waals surface area contributed by atoms with Gasteiger partial charge < -0.3 is 10.3 Å². The summed E-state index contributed by atoms with van der Waals surface area (Å²) in [7, 11) is 0. The molecule has 0 saturated carbocycles. The number of nitrogens with one attached hydrogen (secondary N) is 2. The number of benzene rings is 1. The zero-order valence-electron chi connectivity index (χ0n) is 14.2. The molecule has 2 N–H and O–H groups in total. The lowest BCUT2D eigenvalue weighted by atomic mass is 10.2. The number of nitrogens with zero attached hydrogens (tertiary/aromatic N) is 1. The Labute approximate surface area is 142 Å². The maximum atomic E-state index is 12.1. The predicted octanol–water partition coefficient (Wildman–Crippen LogP) is 4.18. The Morgan fingerprint density at radius 2 is 2.00 bits per heavy atom. The molecule has 0 bridgehead atoms. The number of amides is 1. The van der Waals surface area contributed by atoms with Crippen molar-refractivity contribution >= 4 is 17.7 Å². The first-order valence-electron chi connectivity index (χ1n) is 7.92. The molecule has 1 heterocycles. The van der Waals surface area contributed by atoms with Gasteiger partial charge in [0.15, 0.2) is 0 Å². The van der Waals surface area contributed by atoms with Crippen molar-refractivity contribution in [3.05, 3.63) is 42.4 Å². The van der Waals surface area contributed by atoms with E-state index in [2.05, 4.69) is 36.1 Å². The van der Waals surface area contributed by atoms with Crippen LogP contribution in [0.15, 0.2) is 36.5 Å². The van der Waals surface area contributed by atoms with Crippen LogP contribution in [-0.4, -0.2) is 26.4 Å². The molecule has 0 radical (unpaired) electrons. The van der Waals surface area contributed by atoms with E-state index in [0.29, 0.717) is 5.75 Å². The van der Waals surface area contributed by atoms with E-state index in [4.69, 9.17) is 0 Å². The number of H-pyrrole nitrogens is 1. The van der Waals surface area contributed by atoms with Gasteiger partial charge in [0, 0.05) is 4.75 Å². The van der Waals surface area contributed by atoms with Gasteiger partial charge in [0.05, 0.1) is 23.7 Å². The number of aromatic amines is 1. The lowest BCUT2D eigenvalue weighted by Crippen LogP contribution is -2.31. The molecule has 0 aliphatic rings. The van der Waals surface area contributed by atoms with Crippen LogP contribution in [0.4, 0.5) is 0 Å². The molecule has 5 heteroatoms. The number of hydrogen-bond acceptors (Lipinski definition) is 3. The first-order valence-corrected chi connectivity index (χ1v) is 8.91. The highest BCUT2D eigenvalue weighted by Gasteiger charge is 2.18. The van der Waals surface area contributed by atoms with Crippen molar-refractivity contribution in [3.8, 4) is 11.3 Å². The molecule has 0 aliphatic carbocycles. The normalized spacial score (nSPS) is 12.9. The highest BCUT2D eigenvalue weighted by molar-refractivity contribution is 8.01. The molecule has 2 aromatic rings. The van der Waals surface area contributed by atoms with E-state index in [9.17, 15) is 4.79 Å². The topological polar surface area (TPSA) is 57.8 Å². The Morgan fingerprint density at radius 1 is 1.30 bits per heavy atom. The average Bonchev–Trinajstić information content (AvgIpc) is 3.00. The fourth-order valence-corrected chi connectivity index (χ4v) is 2.81. The molecule has 124 valence electrons. The summed E-state index contributed by atoms with van der Waals surface area (Å²) in [5.41, 5.74) is 2.06. The van der Waals surface area contributed by atoms with Crippen LogP contribution in [-0.2, 0) is 4.79 Å². The Kier molecular flexibility index (Phi) is 5.88. The second kappa shape index (κ2) is 7.68. The van der Waals surface area contributed by atoms with E-state index in [1.54, 1.807) is 11.8 Å². The summed E-state index contributed by atoms with van der Waals surface area (Å²) in [5.74, 6) is 1.32. The van der Waals surface area contributed by atoms with Crippen LogP contribution in [0, 0.1) is 0 Å². The molecule has 4 nitrogen and oxygen atoms in total. The largest absolute Gasteiger partial charge is 0.345 e. The Balaban J connectivity index is 2.01. The quantitative estimate of drug-likeness (QED) is 0.835. The second-order valence-electron chi connectivity index (χ2n) is 6.48. The first kappa shape index (κ1) is 17.6. The smallest absolute Gasteiger partial charge is 0.230 e. The fraction of sp³-hybridized carbons (Fsp3) is 0.444. The van der Waals surface area contributed by atoms with Crippen LogP contribution in [0.5, 0.6) is 0 Å². The van der Waals surface area contributed by atoms with Gasteiger partial charge in [-0.3, -0.25) is 4.79 Å². The maximum absolute atomic E-state index is 12.1. The monoisotopic (exact) mass is 331 g/mol. The third kappa shape index (κ3) is 5.43. The zero-order valence-corrected chi connectivity index (χ0v) is 15.0. The van der Waals surface area contributed by atoms with Gasteiger partial charge >= 0.3 is 0 Å². The molecular weight excluding hydrogens is 306 g/mol. The number of carbonyl (C=O) groups excluding carboxylic acids is 1. The minimum Gasteiger partial charge on any atom is -0.345 e. The molecule has 23 heavy (non-hydrogen) atoms. The van der Waals surface area contributed by atoms with Crippen molar-refractivity contribution in [2.45, 2.75) is 44.9 Å². The zero-order chi connectivity index (χ0) is 16.9. The Bertz CT molecular complexity index is 631. The van der Waals surface area contributed by atoms with Gasteiger partial charge in [0.2, 0.25) is 5.91 Å². The number of aromatic nitrogens is 2. The molecule has 1 amide bonds. The van der Waals surface area contributed by atoms with Crippen molar-refractivity contribution in [3.63, 3.8) is 0 Å². The Hall–Kier alpha value is -1.75. The molecule has 2 rings (SSSR count). The van der Waals surface area contributed by atoms with Gasteiger partial charge in [-0.15, -0.1) is 11.8 Å². The molecule has 0 saturated heterocycles. The minimum atomic E-state index is -0.0828. The Morgan fingerprint density at radius 3 is 2.61 bits per heavy atom. The van der Waals surface area contributed by atoms with Crippen molar-refractivity contribution in [1.29, 1.82) is 0 Å². The summed E-state index contributed by atoms with van der Waals surface area (Å²) in [5, 5.41) is 3.07. The summed E-state index contributed by atoms with van der Waals surface area (Å²) >= 11 is 1.65. The van der Waals surface area contributed by atoms with Crippen LogP contribution in [0.25, 0.3) is 11.3 Å². The van der Waals surface area contributed by atoms with Crippen molar-refractivity contribution < 1.29 is 4.79 Å². The van der Waals surface area contributed by atoms with E-state index in [1.165, 1.54) is 0 Å². The second-order valence-corrected chi connectivity index (χ2v) is 8.28. The maximum Gasteiger partial charge on any atom is 0.230 e. The molecule has 1 aromatic heterocycles. The van der Waals surface area contributed by atoms with Gasteiger partial charge in [-0.2, -0.15) is 0 Å². The SMILES string of the molecule is CCC(NC(=O)CSC(C)(C)C)c1ncc(-c2ccccc2)[nH]1. The van der Waals surface area contributed by atoms with Crippen LogP contribution in [0.2, 0.25) is 0 Å². The first-order chi connectivity index (χ1) is 10.9. The van der Waals surface area contributed by atoms with Gasteiger partial charge in [-0.1, -0.05) is 58.0 Å². The predicted molar refractivity (Wildman–Crippen MR) is 97.4 cm³/mol. The third-order valence-corrected chi connectivity index (χ3v) is 4.66. The highest BCUT2D eigenvalue weighted by atomic mass is 32.2. The standard InChI is InChI=1S/C18H25N3OS/c1-5-14(20-16(22)12-23-18(2,3)4)17-19-11-15(21-17)13-9-7-6-8-10-13/h6-11,14H,5,12H2,1-4H3,(H,19,21)(H,20,22). The number of hydrogen-bond donors (Lipinski definition) is 2. The summed E-state index contributed by atoms with van der Waals surface area (Å²) in [6, 6.07) is 9.98. The minimum absolute atomic E-state index is 0.0504. The molecular formula is C18H25N3OS. The van der Waals surface area contributed by atoms with Crippen molar-refractivity contribution in [1.82, 2.24) is 15.3 Å². The lowest BCUT2D eigenvalue weighted by Gasteiger charge is -2.19. The lowest BCUT2D eigenvalue weighted by molar-refractivity contribution is -0.119. The number of carbonyl (C=O) groups is 1. The molecule has 0 spiro atoms. The summed E-state index contributed by atoms with van der Waals surface area (Å²) < 4.78 is 0.0875. The molecule has 1 atom stereocenters. The fourth-order valence-electron chi connectivity index (χ4n) is 2.16. The number of rotatable bonds is 6. The molecule has 0 fully saturated rings. The van der Waals surface area contributed by atoms with E-state index in [1.807, 2.05) is 43.5 Å². The van der Waals surface area contributed by atoms with Crippen LogP contribution in [0.3, 0.4) is 0 Å². The van der Waals surface area contributed by atoms with Crippen molar-refractivity contribution in [2.24, 2.45) is 0 Å². The van der Waals surface area contributed by atoms with Gasteiger partial charge in [-0.25, -0.2) is 4.98 Å². The molecule has 1 aromatic carbocycles. The van der Waals surface area contributed by atoms with Crippen LogP contribution in [0.1, 0.15) is 46.0 Å². The van der Waals surface area contributed by atoms with Crippen LogP contribution < -0.4 is 5.32 Å². The summed E-state index contributed by atoms with van der Waals surface area (Å²) in [6.45, 7) is 8.38. The van der Waals surface area contributed by atoms with E-state index in [0.717, 1.165) is 23.5 Å². The third-order valence-electron chi connectivity index (χ3n) is 3.39. The van der Waals surface area contributed by atoms with Crippen LogP contribution >= 0.6 is 11.8 Å². The highest BCUT2D eigenvalue weighted by Crippen LogP contribution is 2.24. The van der Waals surface area contributed by atoms with Crippen molar-refractivity contribution in [2.75, 3.05) is 5.75 Å². The number of imidazole rings is 1. The van der Waals surface area contributed by atoms with Gasteiger partial charge in [0.1, 0.15) is 5.82 Å². The summed E-state index contributed by atoms with van der Waals surface area (Å²) in [6.07, 6.45) is 2.62. The average molecular weight is 331 g/mol. The van der Waals surface area contributed by atoms with E-state index >= 15 is 0 Å². The van der Waals surface area contributed by atoms with E-state index < -0.39 is 0 Å². The molecule has 0 aliphatic heterocycles. The summed E-state index contributed by atoms with van der Waals surface area (Å²) in [4.78, 5) is 19.9. The van der Waals surface area contributed by atoms with Gasteiger partial charge in [-0.05, 0) is 12.0 Å².